The molecule has 142 valence electrons. The second-order valence-corrected chi connectivity index (χ2v) is 5.81. The fraction of sp³-hybridized carbons (Fsp3) is 0.300. The van der Waals surface area contributed by atoms with E-state index >= 15 is 0 Å². The average molecular weight is 369 g/mol. The summed E-state index contributed by atoms with van der Waals surface area (Å²) in [6, 6.07) is 15.4. The van der Waals surface area contributed by atoms with E-state index in [1.165, 1.54) is 0 Å². The lowest BCUT2D eigenvalue weighted by atomic mass is 10.1. The van der Waals surface area contributed by atoms with Crippen LogP contribution in [0, 0.1) is 0 Å². The quantitative estimate of drug-likeness (QED) is 0.550. The van der Waals surface area contributed by atoms with Gasteiger partial charge in [0.1, 0.15) is 5.75 Å². The van der Waals surface area contributed by atoms with Gasteiger partial charge in [-0.3, -0.25) is 0 Å². The van der Waals surface area contributed by atoms with Crippen molar-refractivity contribution in [2.45, 2.75) is 19.6 Å². The molecule has 3 rings (SSSR count). The zero-order valence-electron chi connectivity index (χ0n) is 15.5. The van der Waals surface area contributed by atoms with E-state index in [2.05, 4.69) is 15.5 Å². The molecule has 0 saturated heterocycles. The number of hydrogen-bond donors (Lipinski definition) is 1. The molecule has 27 heavy (non-hydrogen) atoms. The van der Waals surface area contributed by atoms with Gasteiger partial charge in [-0.05, 0) is 42.8 Å². The van der Waals surface area contributed by atoms with E-state index in [0.717, 1.165) is 35.8 Å². The summed E-state index contributed by atoms with van der Waals surface area (Å²) in [5, 5.41) is 11.3. The molecule has 0 fully saturated rings. The second kappa shape index (κ2) is 9.59. The highest BCUT2D eigenvalue weighted by Gasteiger charge is 2.07. The highest BCUT2D eigenvalue weighted by atomic mass is 16.5. The van der Waals surface area contributed by atoms with Crippen molar-refractivity contribution in [2.75, 3.05) is 20.8 Å². The highest BCUT2D eigenvalue weighted by molar-refractivity contribution is 5.42. The number of para-hydroxylation sites is 1. The van der Waals surface area contributed by atoms with Crippen molar-refractivity contribution < 1.29 is 18.6 Å². The van der Waals surface area contributed by atoms with Crippen molar-refractivity contribution >= 4 is 0 Å². The molecule has 3 aromatic rings. The number of hydrogen-bond acceptors (Lipinski definition) is 7. The lowest BCUT2D eigenvalue weighted by Gasteiger charge is -2.09. The van der Waals surface area contributed by atoms with E-state index in [-0.39, 0.29) is 6.61 Å². The average Bonchev–Trinajstić information content (AvgIpc) is 3.18. The van der Waals surface area contributed by atoms with Gasteiger partial charge in [0.25, 0.3) is 5.89 Å². The van der Waals surface area contributed by atoms with E-state index in [0.29, 0.717) is 18.3 Å². The first-order valence-electron chi connectivity index (χ1n) is 8.69. The van der Waals surface area contributed by atoms with Gasteiger partial charge < -0.3 is 23.9 Å². The topological polar surface area (TPSA) is 78.6 Å². The van der Waals surface area contributed by atoms with Gasteiger partial charge in [-0.2, -0.15) is 0 Å². The molecule has 0 aliphatic heterocycles. The predicted molar refractivity (Wildman–Crippen MR) is 100 cm³/mol. The molecule has 0 amide bonds. The number of methoxy groups -OCH3 is 2. The van der Waals surface area contributed by atoms with Gasteiger partial charge in [0, 0.05) is 0 Å². The Labute approximate surface area is 158 Å². The molecular weight excluding hydrogens is 346 g/mol. The number of aromatic nitrogens is 2. The summed E-state index contributed by atoms with van der Waals surface area (Å²) in [6.07, 6.45) is 0.846. The molecule has 0 saturated carbocycles. The molecule has 0 bridgehead atoms. The first-order chi connectivity index (χ1) is 13.3. The summed E-state index contributed by atoms with van der Waals surface area (Å²) in [7, 11) is 3.26. The van der Waals surface area contributed by atoms with Gasteiger partial charge in [0.05, 0.1) is 20.8 Å². The van der Waals surface area contributed by atoms with E-state index in [1.54, 1.807) is 14.2 Å². The van der Waals surface area contributed by atoms with Crippen LogP contribution in [-0.2, 0) is 19.6 Å². The second-order valence-electron chi connectivity index (χ2n) is 5.81. The van der Waals surface area contributed by atoms with Gasteiger partial charge in [-0.1, -0.05) is 24.3 Å². The van der Waals surface area contributed by atoms with Crippen LogP contribution < -0.4 is 19.5 Å². The van der Waals surface area contributed by atoms with Crippen LogP contribution in [0.15, 0.2) is 52.9 Å². The number of nitrogens with one attached hydrogen (secondary N) is 1. The third-order valence-corrected chi connectivity index (χ3v) is 3.93. The van der Waals surface area contributed by atoms with Gasteiger partial charge in [0.15, 0.2) is 18.1 Å². The molecular formula is C20H23N3O4. The Kier molecular flexibility index (Phi) is 6.65. The predicted octanol–water partition coefficient (Wildman–Crippen LogP) is 3.00. The molecule has 1 heterocycles. The molecule has 7 heteroatoms. The maximum atomic E-state index is 5.59. The molecule has 0 aliphatic rings. The van der Waals surface area contributed by atoms with Crippen LogP contribution in [-0.4, -0.2) is 31.0 Å². The summed E-state index contributed by atoms with van der Waals surface area (Å²) < 4.78 is 21.7. The number of ether oxygens (including phenoxy) is 3. The Morgan fingerprint density at radius 3 is 2.48 bits per heavy atom. The van der Waals surface area contributed by atoms with Gasteiger partial charge in [-0.15, -0.1) is 10.2 Å². The standard InChI is InChI=1S/C20H23N3O4/c1-24-17-9-8-15(12-18(17)25-2)10-11-21-13-19-22-23-20(27-19)14-26-16-6-4-3-5-7-16/h3-9,12,21H,10-11,13-14H2,1-2H3. The van der Waals surface area contributed by atoms with Gasteiger partial charge in [-0.25, -0.2) is 0 Å². The maximum Gasteiger partial charge on any atom is 0.253 e. The van der Waals surface area contributed by atoms with E-state index in [1.807, 2.05) is 48.5 Å². The minimum absolute atomic E-state index is 0.253. The first kappa shape index (κ1) is 18.7. The third-order valence-electron chi connectivity index (χ3n) is 3.93. The Hall–Kier alpha value is -3.06. The summed E-state index contributed by atoms with van der Waals surface area (Å²) in [6.45, 7) is 1.53. The van der Waals surface area contributed by atoms with Crippen LogP contribution in [0.4, 0.5) is 0 Å². The monoisotopic (exact) mass is 369 g/mol. The molecule has 0 atom stereocenters. The normalized spacial score (nSPS) is 10.6. The molecule has 0 spiro atoms. The summed E-state index contributed by atoms with van der Waals surface area (Å²) in [5.74, 6) is 3.22. The van der Waals surface area contributed by atoms with Crippen molar-refractivity contribution in [3.05, 3.63) is 65.9 Å². The van der Waals surface area contributed by atoms with Crippen LogP contribution in [0.25, 0.3) is 0 Å². The zero-order valence-corrected chi connectivity index (χ0v) is 15.5. The molecule has 1 N–H and O–H groups in total. The lowest BCUT2D eigenvalue weighted by Crippen LogP contribution is -2.17. The van der Waals surface area contributed by atoms with Crippen LogP contribution >= 0.6 is 0 Å². The van der Waals surface area contributed by atoms with Crippen LogP contribution in [0.1, 0.15) is 17.3 Å². The molecule has 0 radical (unpaired) electrons. The number of benzene rings is 2. The minimum Gasteiger partial charge on any atom is -0.493 e. The molecule has 2 aromatic carbocycles. The van der Waals surface area contributed by atoms with Crippen LogP contribution in [0.3, 0.4) is 0 Å². The van der Waals surface area contributed by atoms with Crippen LogP contribution in [0.5, 0.6) is 17.2 Å². The van der Waals surface area contributed by atoms with E-state index in [4.69, 9.17) is 18.6 Å². The molecule has 0 aliphatic carbocycles. The van der Waals surface area contributed by atoms with Gasteiger partial charge in [0.2, 0.25) is 5.89 Å². The fourth-order valence-electron chi connectivity index (χ4n) is 2.54. The Morgan fingerprint density at radius 2 is 1.70 bits per heavy atom. The minimum atomic E-state index is 0.253. The Bertz CT molecular complexity index is 836. The maximum absolute atomic E-state index is 5.59. The molecule has 0 unspecified atom stereocenters. The summed E-state index contributed by atoms with van der Waals surface area (Å²) >= 11 is 0. The van der Waals surface area contributed by atoms with Crippen molar-refractivity contribution in [3.8, 4) is 17.2 Å². The van der Waals surface area contributed by atoms with Crippen molar-refractivity contribution in [1.82, 2.24) is 15.5 Å². The molecule has 1 aromatic heterocycles. The lowest BCUT2D eigenvalue weighted by molar-refractivity contribution is 0.258. The Balaban J connectivity index is 1.41. The SMILES string of the molecule is COc1ccc(CCNCc2nnc(COc3ccccc3)o2)cc1OC. The van der Waals surface area contributed by atoms with Crippen molar-refractivity contribution in [1.29, 1.82) is 0 Å². The smallest absolute Gasteiger partial charge is 0.253 e. The third kappa shape index (κ3) is 5.46. The Morgan fingerprint density at radius 1 is 0.926 bits per heavy atom. The highest BCUT2D eigenvalue weighted by Crippen LogP contribution is 2.27. The fourth-order valence-corrected chi connectivity index (χ4v) is 2.54. The van der Waals surface area contributed by atoms with E-state index < -0.39 is 0 Å². The first-order valence-corrected chi connectivity index (χ1v) is 8.69. The molecule has 7 nitrogen and oxygen atoms in total. The summed E-state index contributed by atoms with van der Waals surface area (Å²) in [4.78, 5) is 0. The van der Waals surface area contributed by atoms with E-state index in [9.17, 15) is 0 Å². The number of nitrogens with zero attached hydrogens (tertiary/aromatic N) is 2. The van der Waals surface area contributed by atoms with Crippen molar-refractivity contribution in [3.63, 3.8) is 0 Å². The van der Waals surface area contributed by atoms with Crippen molar-refractivity contribution in [2.24, 2.45) is 0 Å². The number of rotatable bonds is 10. The van der Waals surface area contributed by atoms with Crippen LogP contribution in [0.2, 0.25) is 0 Å². The largest absolute Gasteiger partial charge is 0.493 e. The van der Waals surface area contributed by atoms with Gasteiger partial charge >= 0.3 is 0 Å². The zero-order chi connectivity index (χ0) is 18.9. The summed E-state index contributed by atoms with van der Waals surface area (Å²) in [5.41, 5.74) is 1.16.